The van der Waals surface area contributed by atoms with Gasteiger partial charge in [0.15, 0.2) is 0 Å². The van der Waals surface area contributed by atoms with E-state index in [9.17, 15) is 14.9 Å². The summed E-state index contributed by atoms with van der Waals surface area (Å²) in [4.78, 5) is 26.8. The Balaban J connectivity index is 2.54. The molecule has 0 atom stereocenters. The largest absolute Gasteiger partial charge is 0.462 e. The first-order valence-corrected chi connectivity index (χ1v) is 7.49. The van der Waals surface area contributed by atoms with Crippen LogP contribution in [0.5, 0.6) is 0 Å². The Morgan fingerprint density at radius 1 is 1.39 bits per heavy atom. The van der Waals surface area contributed by atoms with E-state index in [2.05, 4.69) is 4.98 Å². The zero-order valence-corrected chi connectivity index (χ0v) is 13.5. The molecule has 0 aliphatic carbocycles. The van der Waals surface area contributed by atoms with Crippen molar-refractivity contribution in [3.8, 4) is 11.3 Å². The lowest BCUT2D eigenvalue weighted by atomic mass is 10.0. The summed E-state index contributed by atoms with van der Waals surface area (Å²) in [6, 6.07) is 7.81. The summed E-state index contributed by atoms with van der Waals surface area (Å²) in [5.74, 6) is -0.363. The number of nitro groups is 1. The minimum atomic E-state index is -0.473. The first-order chi connectivity index (χ1) is 11.0. The molecule has 0 amide bonds. The maximum atomic E-state index is 12.0. The maximum Gasteiger partial charge on any atom is 0.340 e. The number of hydrogen-bond acceptors (Lipinski definition) is 5. The number of aromatic nitrogens is 1. The molecule has 0 bridgehead atoms. The van der Waals surface area contributed by atoms with Crippen molar-refractivity contribution in [1.29, 1.82) is 0 Å². The first kappa shape index (κ1) is 16.9. The van der Waals surface area contributed by atoms with Crippen LogP contribution in [0.2, 0.25) is 0 Å². The molecule has 1 aromatic carbocycles. The number of carbonyl (C=O) groups excluding carboxylic acids is 1. The summed E-state index contributed by atoms with van der Waals surface area (Å²) in [5, 5.41) is 10.9. The second-order valence-electron chi connectivity index (χ2n) is 4.79. The standard InChI is InChI=1S/C16H15ClN2O4/c1-3-23-16(20)15-10(2)18-14(8-12(15)9-17)11-5-4-6-13(7-11)19(21)22/h4-8H,3,9H2,1-2H3. The van der Waals surface area contributed by atoms with Gasteiger partial charge >= 0.3 is 5.97 Å². The summed E-state index contributed by atoms with van der Waals surface area (Å²) in [6.45, 7) is 3.66. The van der Waals surface area contributed by atoms with Crippen LogP contribution in [0.25, 0.3) is 11.3 Å². The molecule has 0 radical (unpaired) electrons. The molecule has 0 unspecified atom stereocenters. The van der Waals surface area contributed by atoms with E-state index in [1.807, 2.05) is 0 Å². The van der Waals surface area contributed by atoms with Crippen LogP contribution in [0.4, 0.5) is 5.69 Å². The maximum absolute atomic E-state index is 12.0. The number of rotatable bonds is 5. The van der Waals surface area contributed by atoms with Crippen molar-refractivity contribution in [2.75, 3.05) is 6.61 Å². The van der Waals surface area contributed by atoms with E-state index in [0.29, 0.717) is 28.1 Å². The molecular weight excluding hydrogens is 320 g/mol. The van der Waals surface area contributed by atoms with Gasteiger partial charge in [-0.2, -0.15) is 0 Å². The Morgan fingerprint density at radius 3 is 2.74 bits per heavy atom. The molecule has 2 rings (SSSR count). The fraction of sp³-hybridized carbons (Fsp3) is 0.250. The summed E-state index contributed by atoms with van der Waals surface area (Å²) in [6.07, 6.45) is 0. The second kappa shape index (κ2) is 7.19. The molecule has 0 N–H and O–H groups in total. The topological polar surface area (TPSA) is 82.3 Å². The van der Waals surface area contributed by atoms with E-state index >= 15 is 0 Å². The highest BCUT2D eigenvalue weighted by Crippen LogP contribution is 2.26. The Hall–Kier alpha value is -2.47. The number of nitro benzene ring substituents is 1. The molecule has 0 aliphatic rings. The van der Waals surface area contributed by atoms with Crippen LogP contribution in [0.1, 0.15) is 28.5 Å². The fourth-order valence-electron chi connectivity index (χ4n) is 2.25. The SMILES string of the molecule is CCOC(=O)c1c(CCl)cc(-c2cccc([N+](=O)[O-])c2)nc1C. The molecule has 0 saturated heterocycles. The van der Waals surface area contributed by atoms with Gasteiger partial charge in [-0.05, 0) is 25.5 Å². The monoisotopic (exact) mass is 334 g/mol. The van der Waals surface area contributed by atoms with E-state index in [1.54, 1.807) is 32.0 Å². The van der Waals surface area contributed by atoms with Gasteiger partial charge in [0.05, 0.1) is 28.5 Å². The number of nitrogens with zero attached hydrogens (tertiary/aromatic N) is 2. The zero-order valence-electron chi connectivity index (χ0n) is 12.7. The summed E-state index contributed by atoms with van der Waals surface area (Å²) in [7, 11) is 0. The van der Waals surface area contributed by atoms with E-state index in [1.165, 1.54) is 12.1 Å². The number of ether oxygens (including phenoxy) is 1. The highest BCUT2D eigenvalue weighted by molar-refractivity contribution is 6.17. The predicted octanol–water partition coefficient (Wildman–Crippen LogP) is 3.88. The molecule has 1 aromatic heterocycles. The Bertz CT molecular complexity index is 762. The van der Waals surface area contributed by atoms with Gasteiger partial charge in [-0.15, -0.1) is 11.6 Å². The summed E-state index contributed by atoms with van der Waals surface area (Å²) < 4.78 is 5.02. The highest BCUT2D eigenvalue weighted by Gasteiger charge is 2.19. The van der Waals surface area contributed by atoms with Crippen molar-refractivity contribution >= 4 is 23.3 Å². The molecule has 0 aliphatic heterocycles. The third-order valence-corrected chi connectivity index (χ3v) is 3.55. The molecule has 23 heavy (non-hydrogen) atoms. The third kappa shape index (κ3) is 3.65. The van der Waals surface area contributed by atoms with E-state index in [-0.39, 0.29) is 18.2 Å². The van der Waals surface area contributed by atoms with E-state index in [0.717, 1.165) is 0 Å². The lowest BCUT2D eigenvalue weighted by Gasteiger charge is -2.12. The van der Waals surface area contributed by atoms with Crippen molar-refractivity contribution in [3.05, 3.63) is 57.3 Å². The van der Waals surface area contributed by atoms with Gasteiger partial charge in [0.1, 0.15) is 0 Å². The smallest absolute Gasteiger partial charge is 0.340 e. The van der Waals surface area contributed by atoms with Crippen LogP contribution >= 0.6 is 11.6 Å². The molecule has 0 saturated carbocycles. The van der Waals surface area contributed by atoms with Crippen molar-refractivity contribution in [2.24, 2.45) is 0 Å². The third-order valence-electron chi connectivity index (χ3n) is 3.26. The molecule has 0 fully saturated rings. The summed E-state index contributed by atoms with van der Waals surface area (Å²) >= 11 is 5.95. The van der Waals surface area contributed by atoms with Crippen molar-refractivity contribution in [3.63, 3.8) is 0 Å². The molecule has 0 spiro atoms. The average Bonchev–Trinajstić information content (AvgIpc) is 2.54. The number of esters is 1. The average molecular weight is 335 g/mol. The van der Waals surface area contributed by atoms with Crippen LogP contribution in [0.3, 0.4) is 0 Å². The minimum Gasteiger partial charge on any atom is -0.462 e. The Morgan fingerprint density at radius 2 is 2.13 bits per heavy atom. The van der Waals surface area contributed by atoms with Crippen LogP contribution < -0.4 is 0 Å². The minimum absolute atomic E-state index is 0.0242. The number of alkyl halides is 1. The lowest BCUT2D eigenvalue weighted by Crippen LogP contribution is -2.11. The highest BCUT2D eigenvalue weighted by atomic mass is 35.5. The lowest BCUT2D eigenvalue weighted by molar-refractivity contribution is -0.384. The van der Waals surface area contributed by atoms with Gasteiger partial charge in [-0.25, -0.2) is 4.79 Å². The molecule has 6 nitrogen and oxygen atoms in total. The number of pyridine rings is 1. The van der Waals surface area contributed by atoms with Gasteiger partial charge in [-0.3, -0.25) is 15.1 Å². The molecule has 120 valence electrons. The zero-order chi connectivity index (χ0) is 17.0. The van der Waals surface area contributed by atoms with Crippen LogP contribution in [0.15, 0.2) is 30.3 Å². The Labute approximate surface area is 138 Å². The van der Waals surface area contributed by atoms with Crippen molar-refractivity contribution in [2.45, 2.75) is 19.7 Å². The molecule has 2 aromatic rings. The van der Waals surface area contributed by atoms with Crippen molar-refractivity contribution < 1.29 is 14.5 Å². The first-order valence-electron chi connectivity index (χ1n) is 6.96. The number of aryl methyl sites for hydroxylation is 1. The Kier molecular flexibility index (Phi) is 5.28. The van der Waals surface area contributed by atoms with Crippen molar-refractivity contribution in [1.82, 2.24) is 4.98 Å². The van der Waals surface area contributed by atoms with E-state index in [4.69, 9.17) is 16.3 Å². The van der Waals surface area contributed by atoms with Gasteiger partial charge in [0.2, 0.25) is 0 Å². The number of benzene rings is 1. The quantitative estimate of drug-likeness (QED) is 0.358. The van der Waals surface area contributed by atoms with Gasteiger partial charge in [0.25, 0.3) is 5.69 Å². The summed E-state index contributed by atoms with van der Waals surface area (Å²) in [5.41, 5.74) is 2.49. The van der Waals surface area contributed by atoms with Crippen LogP contribution in [0, 0.1) is 17.0 Å². The van der Waals surface area contributed by atoms with Gasteiger partial charge in [-0.1, -0.05) is 12.1 Å². The number of carbonyl (C=O) groups is 1. The second-order valence-corrected chi connectivity index (χ2v) is 5.06. The van der Waals surface area contributed by atoms with Crippen LogP contribution in [-0.2, 0) is 10.6 Å². The molecule has 7 heteroatoms. The number of hydrogen-bond donors (Lipinski definition) is 0. The van der Waals surface area contributed by atoms with Gasteiger partial charge in [0, 0.05) is 23.6 Å². The molecule has 1 heterocycles. The van der Waals surface area contributed by atoms with Crippen LogP contribution in [-0.4, -0.2) is 22.5 Å². The number of non-ortho nitro benzene ring substituents is 1. The molecular formula is C16H15ClN2O4. The predicted molar refractivity (Wildman–Crippen MR) is 86.6 cm³/mol. The van der Waals surface area contributed by atoms with Gasteiger partial charge < -0.3 is 4.74 Å². The van der Waals surface area contributed by atoms with E-state index < -0.39 is 10.9 Å². The number of halogens is 1. The normalized spacial score (nSPS) is 10.4. The fourth-order valence-corrected chi connectivity index (χ4v) is 2.46.